The van der Waals surface area contributed by atoms with Crippen LogP contribution in [0.2, 0.25) is 0 Å². The van der Waals surface area contributed by atoms with Crippen molar-refractivity contribution in [3.05, 3.63) is 26.0 Å². The van der Waals surface area contributed by atoms with Crippen LogP contribution in [0.5, 0.6) is 0 Å². The van der Waals surface area contributed by atoms with Crippen molar-refractivity contribution < 1.29 is 19.1 Å². The average Bonchev–Trinajstić information content (AvgIpc) is 3.27. The molecule has 0 aliphatic heterocycles. The number of anilines is 1. The van der Waals surface area contributed by atoms with Crippen LogP contribution in [0, 0.1) is 0 Å². The lowest BCUT2D eigenvalue weighted by Crippen LogP contribution is -2.37. The molecule has 0 aliphatic rings. The monoisotopic (exact) mass is 873 g/mol. The zero-order valence-corrected chi connectivity index (χ0v) is 41.5. The van der Waals surface area contributed by atoms with Crippen molar-refractivity contribution in [1.82, 2.24) is 4.90 Å². The highest BCUT2D eigenvalue weighted by Gasteiger charge is 2.19. The summed E-state index contributed by atoms with van der Waals surface area (Å²) in [5.74, 6) is -0.0133. The molecule has 0 spiro atoms. The number of carbonyl (C=O) groups is 2. The number of nitrogens with one attached hydrogen (secondary N) is 1. The topological polar surface area (TPSA) is 102 Å². The number of carbonyl (C=O) groups excluding carboxylic acids is 2. The molecule has 0 bridgehead atoms. The Kier molecular flexibility index (Phi) is 38.7. The molecule has 0 radical (unpaired) electrons. The van der Waals surface area contributed by atoms with Crippen molar-refractivity contribution in [3.63, 3.8) is 0 Å². The summed E-state index contributed by atoms with van der Waals surface area (Å²) in [6, 6.07) is 0. The summed E-state index contributed by atoms with van der Waals surface area (Å²) >= 11 is 0. The minimum absolute atomic E-state index is 0.00811. The van der Waals surface area contributed by atoms with Gasteiger partial charge in [-0.05, 0) is 110 Å². The molecule has 1 unspecified atom stereocenters. The lowest BCUT2D eigenvalue weighted by Gasteiger charge is -2.22. The highest BCUT2D eigenvalue weighted by atomic mass is 16.5. The maximum absolute atomic E-state index is 12.9. The summed E-state index contributed by atoms with van der Waals surface area (Å²) in [6.45, 7) is 12.1. The van der Waals surface area contributed by atoms with Gasteiger partial charge in [-0.3, -0.25) is 19.2 Å². The molecule has 0 saturated heterocycles. The summed E-state index contributed by atoms with van der Waals surface area (Å²) in [7, 11) is 1.71. The number of unbranched alkanes of at least 4 members (excludes halogenated alkanes) is 25. The van der Waals surface area contributed by atoms with Gasteiger partial charge in [0.2, 0.25) is 10.9 Å². The van der Waals surface area contributed by atoms with Crippen molar-refractivity contribution >= 4 is 17.6 Å². The minimum atomic E-state index is -0.372. The molecule has 1 atom stereocenters. The van der Waals surface area contributed by atoms with Crippen molar-refractivity contribution in [3.8, 4) is 0 Å². The Morgan fingerprint density at radius 3 is 1.23 bits per heavy atom. The van der Waals surface area contributed by atoms with E-state index < -0.39 is 0 Å². The Balaban J connectivity index is 2.41. The van der Waals surface area contributed by atoms with E-state index in [1.54, 1.807) is 7.05 Å². The summed E-state index contributed by atoms with van der Waals surface area (Å²) in [5.41, 5.74) is 0.504. The molecule has 8 nitrogen and oxygen atoms in total. The van der Waals surface area contributed by atoms with E-state index in [0.717, 1.165) is 122 Å². The van der Waals surface area contributed by atoms with Crippen LogP contribution in [0.3, 0.4) is 0 Å². The number of esters is 2. The summed E-state index contributed by atoms with van der Waals surface area (Å²) in [6.07, 6.45) is 42.8. The molecule has 1 rings (SSSR count). The number of nitrogens with zero attached hydrogens (tertiary/aromatic N) is 1. The molecule has 0 aromatic heterocycles. The Bertz CT molecular complexity index is 1240. The SMILES string of the molecule is CCCCCCCCC(CC)OC(=O)CCCCCCCN(CCCCCCCC(=O)OC(CCCCCCCC)CCCCCCCC)CCCCCc1c(NC)c(=O)c1=O. The maximum atomic E-state index is 12.9. The largest absolute Gasteiger partial charge is 0.462 e. The maximum Gasteiger partial charge on any atom is 0.306 e. The zero-order chi connectivity index (χ0) is 45.3. The predicted molar refractivity (Wildman–Crippen MR) is 264 cm³/mol. The van der Waals surface area contributed by atoms with E-state index >= 15 is 0 Å². The molecule has 0 heterocycles. The standard InChI is InChI=1S/C54H100N2O6/c1-6-10-13-16-21-29-38-47(9-4)61-50(57)42-33-24-19-26-35-44-56(46-37-28-32-41-49-52(55-5)54(60)53(49)59)45-36-27-20-25-34-43-51(58)62-48(39-30-22-17-14-11-7-2)40-31-23-18-15-12-8-3/h47-48,55H,6-46H2,1-5H3. The lowest BCUT2D eigenvalue weighted by atomic mass is 10.0. The number of rotatable bonds is 47. The molecule has 1 aromatic rings. The fraction of sp³-hybridized carbons (Fsp3) is 0.889. The smallest absolute Gasteiger partial charge is 0.306 e. The number of ether oxygens (including phenoxy) is 2. The third-order valence-corrected chi connectivity index (χ3v) is 13.1. The third-order valence-electron chi connectivity index (χ3n) is 13.1. The van der Waals surface area contributed by atoms with E-state index in [2.05, 4.69) is 37.9 Å². The first kappa shape index (κ1) is 57.8. The lowest BCUT2D eigenvalue weighted by molar-refractivity contribution is -0.150. The van der Waals surface area contributed by atoms with Crippen molar-refractivity contribution in [2.45, 2.75) is 284 Å². The molecule has 62 heavy (non-hydrogen) atoms. The molecular formula is C54H100N2O6. The van der Waals surface area contributed by atoms with Crippen LogP contribution in [-0.4, -0.2) is 55.7 Å². The molecule has 0 saturated carbocycles. The van der Waals surface area contributed by atoms with Crippen LogP contribution in [-0.2, 0) is 25.5 Å². The van der Waals surface area contributed by atoms with E-state index in [9.17, 15) is 19.2 Å². The van der Waals surface area contributed by atoms with E-state index in [-0.39, 0.29) is 35.0 Å². The first-order chi connectivity index (χ1) is 30.3. The zero-order valence-electron chi connectivity index (χ0n) is 41.5. The van der Waals surface area contributed by atoms with E-state index in [4.69, 9.17) is 9.47 Å². The first-order valence-corrected chi connectivity index (χ1v) is 26.9. The van der Waals surface area contributed by atoms with Gasteiger partial charge in [-0.2, -0.15) is 0 Å². The van der Waals surface area contributed by atoms with Crippen LogP contribution in [0.25, 0.3) is 0 Å². The van der Waals surface area contributed by atoms with E-state index in [1.807, 2.05) is 0 Å². The van der Waals surface area contributed by atoms with Gasteiger partial charge in [0.25, 0.3) is 0 Å². The van der Waals surface area contributed by atoms with Crippen LogP contribution >= 0.6 is 0 Å². The molecule has 8 heteroatoms. The molecule has 1 N–H and O–H groups in total. The van der Waals surface area contributed by atoms with Gasteiger partial charge < -0.3 is 19.7 Å². The Morgan fingerprint density at radius 2 is 0.806 bits per heavy atom. The molecule has 362 valence electrons. The minimum Gasteiger partial charge on any atom is -0.462 e. The highest BCUT2D eigenvalue weighted by molar-refractivity contribution is 5.69. The summed E-state index contributed by atoms with van der Waals surface area (Å²) in [4.78, 5) is 51.8. The fourth-order valence-corrected chi connectivity index (χ4v) is 8.92. The van der Waals surface area contributed by atoms with Crippen LogP contribution in [0.15, 0.2) is 9.59 Å². The first-order valence-electron chi connectivity index (χ1n) is 26.9. The van der Waals surface area contributed by atoms with Crippen molar-refractivity contribution in [2.24, 2.45) is 0 Å². The number of hydrogen-bond acceptors (Lipinski definition) is 8. The predicted octanol–water partition coefficient (Wildman–Crippen LogP) is 14.5. The fourth-order valence-electron chi connectivity index (χ4n) is 8.92. The van der Waals surface area contributed by atoms with Gasteiger partial charge in [-0.15, -0.1) is 0 Å². The van der Waals surface area contributed by atoms with Crippen molar-refractivity contribution in [1.29, 1.82) is 0 Å². The van der Waals surface area contributed by atoms with Gasteiger partial charge in [0, 0.05) is 25.5 Å². The summed E-state index contributed by atoms with van der Waals surface area (Å²) in [5, 5.41) is 2.90. The van der Waals surface area contributed by atoms with Gasteiger partial charge in [-0.25, -0.2) is 0 Å². The molecule has 1 aromatic carbocycles. The Morgan fingerprint density at radius 1 is 0.452 bits per heavy atom. The quantitative estimate of drug-likeness (QED) is 0.0392. The molecule has 0 fully saturated rings. The third kappa shape index (κ3) is 30.8. The van der Waals surface area contributed by atoms with Gasteiger partial charge in [0.05, 0.1) is 5.69 Å². The number of hydrogen-bond donors (Lipinski definition) is 1. The molecular weight excluding hydrogens is 773 g/mol. The van der Waals surface area contributed by atoms with Gasteiger partial charge in [0.15, 0.2) is 0 Å². The van der Waals surface area contributed by atoms with Crippen LogP contribution in [0.1, 0.15) is 271 Å². The average molecular weight is 873 g/mol. The van der Waals surface area contributed by atoms with Crippen LogP contribution in [0.4, 0.5) is 5.69 Å². The second-order valence-corrected chi connectivity index (χ2v) is 18.8. The van der Waals surface area contributed by atoms with Gasteiger partial charge in [0.1, 0.15) is 12.2 Å². The highest BCUT2D eigenvalue weighted by Crippen LogP contribution is 2.20. The Labute approximate surface area is 382 Å². The van der Waals surface area contributed by atoms with E-state index in [0.29, 0.717) is 30.5 Å². The second kappa shape index (κ2) is 41.5. The van der Waals surface area contributed by atoms with Crippen molar-refractivity contribution in [2.75, 3.05) is 32.0 Å². The van der Waals surface area contributed by atoms with Crippen LogP contribution < -0.4 is 16.2 Å². The van der Waals surface area contributed by atoms with Gasteiger partial charge in [-0.1, -0.05) is 169 Å². The summed E-state index contributed by atoms with van der Waals surface area (Å²) < 4.78 is 11.9. The normalized spacial score (nSPS) is 12.2. The molecule has 0 amide bonds. The van der Waals surface area contributed by atoms with Gasteiger partial charge >= 0.3 is 11.9 Å². The second-order valence-electron chi connectivity index (χ2n) is 18.8. The van der Waals surface area contributed by atoms with E-state index in [1.165, 1.54) is 122 Å². The Hall–Kier alpha value is -2.22. The molecule has 0 aliphatic carbocycles.